The van der Waals surface area contributed by atoms with Crippen LogP contribution in [0.5, 0.6) is 0 Å². The van der Waals surface area contributed by atoms with Gasteiger partial charge in [0.1, 0.15) is 6.54 Å². The second-order valence-electron chi connectivity index (χ2n) is 5.67. The Hall–Kier alpha value is -2.60. The van der Waals surface area contributed by atoms with Gasteiger partial charge >= 0.3 is 5.69 Å². The number of nitrogens with zero attached hydrogens (tertiary/aromatic N) is 3. The molecule has 1 amide bonds. The minimum atomic E-state index is -0.341. The Balaban J connectivity index is 1.73. The summed E-state index contributed by atoms with van der Waals surface area (Å²) < 4.78 is 2.55. The fraction of sp³-hybridized carbons (Fsp3) is 0.235. The first-order valence-electron chi connectivity index (χ1n) is 7.55. The van der Waals surface area contributed by atoms with Crippen LogP contribution < -0.4 is 11.0 Å². The third kappa shape index (κ3) is 3.19. The Morgan fingerprint density at radius 3 is 2.83 bits per heavy atom. The van der Waals surface area contributed by atoms with E-state index in [9.17, 15) is 9.59 Å². The third-order valence-electron chi connectivity index (χ3n) is 3.86. The molecule has 6 nitrogen and oxygen atoms in total. The lowest BCUT2D eigenvalue weighted by Crippen LogP contribution is -2.34. The minimum Gasteiger partial charge on any atom is -0.348 e. The van der Waals surface area contributed by atoms with Crippen molar-refractivity contribution in [2.24, 2.45) is 0 Å². The monoisotopic (exact) mass is 344 g/mol. The van der Waals surface area contributed by atoms with Gasteiger partial charge in [-0.05, 0) is 43.2 Å². The lowest BCUT2D eigenvalue weighted by molar-refractivity contribution is -0.122. The van der Waals surface area contributed by atoms with Gasteiger partial charge in [-0.25, -0.2) is 9.48 Å². The molecule has 2 heterocycles. The molecule has 1 N–H and O–H groups in total. The molecule has 1 aromatic carbocycles. The second kappa shape index (κ2) is 6.49. The van der Waals surface area contributed by atoms with Gasteiger partial charge in [0.25, 0.3) is 0 Å². The topological polar surface area (TPSA) is 68.4 Å². The number of carbonyl (C=O) groups is 1. The molecule has 0 radical (unpaired) electrons. The van der Waals surface area contributed by atoms with Crippen molar-refractivity contribution in [2.45, 2.75) is 26.4 Å². The van der Waals surface area contributed by atoms with E-state index in [0.29, 0.717) is 10.7 Å². The number of pyridine rings is 1. The van der Waals surface area contributed by atoms with Crippen molar-refractivity contribution < 1.29 is 4.79 Å². The summed E-state index contributed by atoms with van der Waals surface area (Å²) >= 11 is 6.12. The zero-order valence-electron chi connectivity index (χ0n) is 13.4. The van der Waals surface area contributed by atoms with Crippen LogP contribution in [0.25, 0.3) is 5.65 Å². The van der Waals surface area contributed by atoms with Gasteiger partial charge in [-0.2, -0.15) is 0 Å². The predicted octanol–water partition coefficient (Wildman–Crippen LogP) is 2.34. The number of amides is 1. The van der Waals surface area contributed by atoms with E-state index < -0.39 is 0 Å². The zero-order valence-corrected chi connectivity index (χ0v) is 14.1. The summed E-state index contributed by atoms with van der Waals surface area (Å²) in [6, 6.07) is 10.7. The van der Waals surface area contributed by atoms with Crippen LogP contribution in [0.4, 0.5) is 0 Å². The van der Waals surface area contributed by atoms with Gasteiger partial charge in [0.2, 0.25) is 5.91 Å². The summed E-state index contributed by atoms with van der Waals surface area (Å²) in [7, 11) is 0. The van der Waals surface area contributed by atoms with Crippen LogP contribution in [0.3, 0.4) is 0 Å². The smallest absolute Gasteiger partial charge is 0.348 e. The molecule has 3 aromatic rings. The van der Waals surface area contributed by atoms with Gasteiger partial charge in [-0.15, -0.1) is 5.10 Å². The molecule has 24 heavy (non-hydrogen) atoms. The average molecular weight is 345 g/mol. The number of carbonyl (C=O) groups excluding carboxylic acids is 1. The Kier molecular flexibility index (Phi) is 4.40. The van der Waals surface area contributed by atoms with Crippen LogP contribution >= 0.6 is 11.6 Å². The molecule has 3 rings (SSSR count). The fourth-order valence-electron chi connectivity index (χ4n) is 2.46. The number of hydrogen-bond donors (Lipinski definition) is 1. The first-order valence-corrected chi connectivity index (χ1v) is 7.93. The molecule has 0 bridgehead atoms. The first kappa shape index (κ1) is 16.3. The van der Waals surface area contributed by atoms with E-state index in [1.54, 1.807) is 24.4 Å². The van der Waals surface area contributed by atoms with E-state index in [-0.39, 0.29) is 24.2 Å². The maximum Gasteiger partial charge on any atom is 0.350 e. The van der Waals surface area contributed by atoms with Crippen LogP contribution in [-0.4, -0.2) is 20.1 Å². The summed E-state index contributed by atoms with van der Waals surface area (Å²) in [6.45, 7) is 3.65. The van der Waals surface area contributed by atoms with E-state index in [1.165, 1.54) is 4.40 Å². The number of hydrogen-bond acceptors (Lipinski definition) is 3. The molecule has 0 aliphatic carbocycles. The second-order valence-corrected chi connectivity index (χ2v) is 6.07. The summed E-state index contributed by atoms with van der Waals surface area (Å²) in [4.78, 5) is 24.4. The minimum absolute atomic E-state index is 0.134. The van der Waals surface area contributed by atoms with Gasteiger partial charge in [0.15, 0.2) is 5.65 Å². The van der Waals surface area contributed by atoms with Crippen molar-refractivity contribution in [3.8, 4) is 0 Å². The Bertz CT molecular complexity index is 961. The summed E-state index contributed by atoms with van der Waals surface area (Å²) in [5.41, 5.74) is 2.05. The Morgan fingerprint density at radius 1 is 1.33 bits per heavy atom. The number of rotatable bonds is 4. The van der Waals surface area contributed by atoms with Crippen LogP contribution in [0.1, 0.15) is 24.1 Å². The molecule has 1 atom stereocenters. The molecular weight excluding hydrogens is 328 g/mol. The zero-order chi connectivity index (χ0) is 17.3. The normalized spacial score (nSPS) is 12.3. The van der Waals surface area contributed by atoms with E-state index in [0.717, 1.165) is 15.8 Å². The average Bonchev–Trinajstić information content (AvgIpc) is 2.86. The highest BCUT2D eigenvalue weighted by Gasteiger charge is 2.14. The predicted molar refractivity (Wildman–Crippen MR) is 92.2 cm³/mol. The molecule has 0 fully saturated rings. The number of aryl methyl sites for hydroxylation is 1. The molecule has 0 aliphatic rings. The number of nitrogens with one attached hydrogen (secondary N) is 1. The molecule has 0 saturated carbocycles. The number of fused-ring (bicyclic) bond motifs is 1. The van der Waals surface area contributed by atoms with Crippen molar-refractivity contribution in [3.63, 3.8) is 0 Å². The van der Waals surface area contributed by atoms with Crippen LogP contribution in [0.15, 0.2) is 47.4 Å². The highest BCUT2D eigenvalue weighted by molar-refractivity contribution is 6.31. The number of aromatic nitrogens is 3. The molecular formula is C17H17ClN4O2. The largest absolute Gasteiger partial charge is 0.350 e. The Labute approximate surface area is 143 Å². The van der Waals surface area contributed by atoms with E-state index >= 15 is 0 Å². The summed E-state index contributed by atoms with van der Waals surface area (Å²) in [5.74, 6) is -0.287. The quantitative estimate of drug-likeness (QED) is 0.789. The lowest BCUT2D eigenvalue weighted by atomic mass is 10.1. The third-order valence-corrected chi connectivity index (χ3v) is 4.26. The molecule has 2 aromatic heterocycles. The molecule has 0 unspecified atom stereocenters. The molecule has 0 saturated heterocycles. The van der Waals surface area contributed by atoms with Gasteiger partial charge in [0.05, 0.1) is 6.04 Å². The van der Waals surface area contributed by atoms with Gasteiger partial charge in [-0.3, -0.25) is 9.20 Å². The molecule has 0 spiro atoms. The lowest BCUT2D eigenvalue weighted by Gasteiger charge is -2.15. The Morgan fingerprint density at radius 2 is 2.12 bits per heavy atom. The number of halogens is 1. The highest BCUT2D eigenvalue weighted by Crippen LogP contribution is 2.21. The molecule has 0 aliphatic heterocycles. The van der Waals surface area contributed by atoms with Crippen LogP contribution in [-0.2, 0) is 11.3 Å². The standard InChI is InChI=1S/C17H17ClN4O2/c1-11-6-7-13(9-14(11)18)12(2)19-16(23)10-22-17(24)21-8-4-3-5-15(21)20-22/h3-9,12H,10H2,1-2H3,(H,19,23)/t12-/m0/s1. The van der Waals surface area contributed by atoms with Crippen molar-refractivity contribution in [1.82, 2.24) is 19.5 Å². The van der Waals surface area contributed by atoms with Crippen molar-refractivity contribution >= 4 is 23.2 Å². The van der Waals surface area contributed by atoms with Gasteiger partial charge in [-0.1, -0.05) is 29.8 Å². The first-order chi connectivity index (χ1) is 11.5. The van der Waals surface area contributed by atoms with E-state index in [1.807, 2.05) is 32.0 Å². The maximum absolute atomic E-state index is 12.2. The van der Waals surface area contributed by atoms with E-state index in [4.69, 9.17) is 11.6 Å². The van der Waals surface area contributed by atoms with Gasteiger partial charge < -0.3 is 5.32 Å². The summed E-state index contributed by atoms with van der Waals surface area (Å²) in [6.07, 6.45) is 1.62. The van der Waals surface area contributed by atoms with Crippen LogP contribution in [0.2, 0.25) is 5.02 Å². The van der Waals surface area contributed by atoms with Crippen molar-refractivity contribution in [1.29, 1.82) is 0 Å². The maximum atomic E-state index is 12.2. The summed E-state index contributed by atoms with van der Waals surface area (Å²) in [5, 5.41) is 7.66. The van der Waals surface area contributed by atoms with Gasteiger partial charge in [0, 0.05) is 11.2 Å². The van der Waals surface area contributed by atoms with E-state index in [2.05, 4.69) is 10.4 Å². The van der Waals surface area contributed by atoms with Crippen molar-refractivity contribution in [3.05, 3.63) is 69.2 Å². The van der Waals surface area contributed by atoms with Crippen LogP contribution in [0, 0.1) is 6.92 Å². The fourth-order valence-corrected chi connectivity index (χ4v) is 2.65. The van der Waals surface area contributed by atoms with Crippen molar-refractivity contribution in [2.75, 3.05) is 0 Å². The molecule has 7 heteroatoms. The highest BCUT2D eigenvalue weighted by atomic mass is 35.5. The number of benzene rings is 1. The SMILES string of the molecule is Cc1ccc([C@H](C)NC(=O)Cn2nc3ccccn3c2=O)cc1Cl. The molecule has 124 valence electrons.